The lowest BCUT2D eigenvalue weighted by molar-refractivity contribution is -0.145. The minimum absolute atomic E-state index is 0.203. The molecule has 0 aromatic heterocycles. The number of methoxy groups -OCH3 is 1. The van der Waals surface area contributed by atoms with Crippen LogP contribution in [0.2, 0.25) is 0 Å². The Morgan fingerprint density at radius 2 is 2.05 bits per heavy atom. The van der Waals surface area contributed by atoms with Gasteiger partial charge in [0.1, 0.15) is 5.75 Å². The molecule has 2 rings (SSSR count). The lowest BCUT2D eigenvalue weighted by Gasteiger charge is -2.30. The number of hydrogen-bond acceptors (Lipinski definition) is 2. The van der Waals surface area contributed by atoms with Gasteiger partial charge in [0, 0.05) is 0 Å². The maximum atomic E-state index is 11.5. The Morgan fingerprint density at radius 3 is 2.55 bits per heavy atom. The summed E-state index contributed by atoms with van der Waals surface area (Å²) >= 11 is 0. The van der Waals surface area contributed by atoms with Gasteiger partial charge in [0.25, 0.3) is 0 Å². The fourth-order valence-electron chi connectivity index (χ4n) is 3.56. The summed E-state index contributed by atoms with van der Waals surface area (Å²) in [6, 6.07) is 6.15. The molecule has 0 amide bonds. The Bertz CT molecular complexity index is 519. The third kappa shape index (κ3) is 2.30. The second kappa shape index (κ2) is 5.12. The first kappa shape index (κ1) is 14.9. The second-order valence-corrected chi connectivity index (χ2v) is 6.59. The van der Waals surface area contributed by atoms with Crippen molar-refractivity contribution >= 4 is 5.97 Å². The molecule has 0 radical (unpaired) electrons. The Balaban J connectivity index is 2.44. The third-order valence-corrected chi connectivity index (χ3v) is 5.25. The maximum absolute atomic E-state index is 11.5. The number of carbonyl (C=O) groups is 1. The molecule has 3 atom stereocenters. The molecule has 1 saturated carbocycles. The zero-order chi connectivity index (χ0) is 15.1. The highest BCUT2D eigenvalue weighted by molar-refractivity contribution is 5.72. The van der Waals surface area contributed by atoms with Crippen molar-refractivity contribution < 1.29 is 14.6 Å². The van der Waals surface area contributed by atoms with Gasteiger partial charge in [-0.25, -0.2) is 0 Å². The van der Waals surface area contributed by atoms with Crippen LogP contribution in [0.1, 0.15) is 44.2 Å². The Kier molecular flexibility index (Phi) is 3.81. The maximum Gasteiger partial charge on any atom is 0.307 e. The quantitative estimate of drug-likeness (QED) is 0.912. The fourth-order valence-corrected chi connectivity index (χ4v) is 3.56. The van der Waals surface area contributed by atoms with Crippen LogP contribution in [0.3, 0.4) is 0 Å². The van der Waals surface area contributed by atoms with Crippen LogP contribution in [-0.4, -0.2) is 18.2 Å². The van der Waals surface area contributed by atoms with E-state index in [1.54, 1.807) is 7.11 Å². The third-order valence-electron chi connectivity index (χ3n) is 5.25. The molecule has 3 heteroatoms. The van der Waals surface area contributed by atoms with Crippen molar-refractivity contribution in [3.05, 3.63) is 29.3 Å². The van der Waals surface area contributed by atoms with E-state index >= 15 is 0 Å². The van der Waals surface area contributed by atoms with Gasteiger partial charge in [0.15, 0.2) is 0 Å². The molecule has 0 saturated heterocycles. The van der Waals surface area contributed by atoms with Crippen LogP contribution in [0.15, 0.2) is 18.2 Å². The molecule has 1 N–H and O–H groups in total. The van der Waals surface area contributed by atoms with Gasteiger partial charge in [-0.15, -0.1) is 0 Å². The summed E-state index contributed by atoms with van der Waals surface area (Å²) in [5.41, 5.74) is 2.13. The largest absolute Gasteiger partial charge is 0.496 e. The number of aliphatic carboxylic acids is 1. The van der Waals surface area contributed by atoms with Crippen molar-refractivity contribution in [1.82, 2.24) is 0 Å². The topological polar surface area (TPSA) is 46.5 Å². The highest BCUT2D eigenvalue weighted by Crippen LogP contribution is 2.55. The van der Waals surface area contributed by atoms with E-state index in [1.165, 1.54) is 5.56 Å². The number of hydrogen-bond donors (Lipinski definition) is 1. The molecule has 1 fully saturated rings. The lowest BCUT2D eigenvalue weighted by Crippen LogP contribution is -2.29. The molecule has 0 spiro atoms. The molecule has 20 heavy (non-hydrogen) atoms. The Morgan fingerprint density at radius 1 is 1.40 bits per heavy atom. The van der Waals surface area contributed by atoms with Crippen molar-refractivity contribution in [3.63, 3.8) is 0 Å². The monoisotopic (exact) mass is 276 g/mol. The van der Waals surface area contributed by atoms with Crippen LogP contribution < -0.4 is 4.74 Å². The summed E-state index contributed by atoms with van der Waals surface area (Å²) in [7, 11) is 1.67. The van der Waals surface area contributed by atoms with E-state index in [2.05, 4.69) is 33.8 Å². The number of rotatable bonds is 3. The molecule has 110 valence electrons. The minimum atomic E-state index is -0.684. The van der Waals surface area contributed by atoms with Gasteiger partial charge in [-0.2, -0.15) is 0 Å². The number of carboxylic acids is 1. The first-order valence-corrected chi connectivity index (χ1v) is 7.16. The van der Waals surface area contributed by atoms with Crippen LogP contribution in [0, 0.1) is 24.2 Å². The smallest absolute Gasteiger partial charge is 0.307 e. The standard InChI is InChI=1S/C17H24O3/c1-10-6-7-15(20-5)13(8-10)12-9-14(16(18)19)17(3,4)11(12)2/h6-8,11-12,14H,9H2,1-5H3,(H,18,19)/t11-,12-,14+/m1/s1. The van der Waals surface area contributed by atoms with Gasteiger partial charge in [-0.3, -0.25) is 4.79 Å². The summed E-state index contributed by atoms with van der Waals surface area (Å²) in [5, 5.41) is 9.48. The molecule has 0 bridgehead atoms. The predicted molar refractivity (Wildman–Crippen MR) is 79.2 cm³/mol. The van der Waals surface area contributed by atoms with Gasteiger partial charge in [-0.05, 0) is 42.2 Å². The highest BCUT2D eigenvalue weighted by Gasteiger charge is 2.50. The average Bonchev–Trinajstić information content (AvgIpc) is 2.61. The van der Waals surface area contributed by atoms with E-state index < -0.39 is 5.97 Å². The number of aryl methyl sites for hydroxylation is 1. The Hall–Kier alpha value is -1.51. The van der Waals surface area contributed by atoms with Crippen LogP contribution in [-0.2, 0) is 4.79 Å². The lowest BCUT2D eigenvalue weighted by atomic mass is 9.74. The molecule has 3 nitrogen and oxygen atoms in total. The van der Waals surface area contributed by atoms with E-state index in [0.717, 1.165) is 11.3 Å². The summed E-state index contributed by atoms with van der Waals surface area (Å²) < 4.78 is 5.48. The van der Waals surface area contributed by atoms with Crippen molar-refractivity contribution in [2.45, 2.75) is 40.0 Å². The van der Waals surface area contributed by atoms with E-state index in [4.69, 9.17) is 4.74 Å². The van der Waals surface area contributed by atoms with Crippen molar-refractivity contribution in [2.75, 3.05) is 7.11 Å². The van der Waals surface area contributed by atoms with Gasteiger partial charge < -0.3 is 9.84 Å². The molecule has 0 heterocycles. The van der Waals surface area contributed by atoms with Crippen molar-refractivity contribution in [2.24, 2.45) is 17.3 Å². The van der Waals surface area contributed by atoms with E-state index in [0.29, 0.717) is 12.3 Å². The first-order chi connectivity index (χ1) is 9.28. The van der Waals surface area contributed by atoms with Gasteiger partial charge in [0.2, 0.25) is 0 Å². The molecule has 1 aromatic carbocycles. The number of benzene rings is 1. The number of ether oxygens (including phenoxy) is 1. The van der Waals surface area contributed by atoms with E-state index in [9.17, 15) is 9.90 Å². The van der Waals surface area contributed by atoms with Crippen LogP contribution >= 0.6 is 0 Å². The van der Waals surface area contributed by atoms with Gasteiger partial charge in [-0.1, -0.05) is 38.5 Å². The Labute approximate surface area is 121 Å². The molecule has 1 aliphatic carbocycles. The molecule has 1 aliphatic rings. The van der Waals surface area contributed by atoms with E-state index in [-0.39, 0.29) is 17.3 Å². The van der Waals surface area contributed by atoms with E-state index in [1.807, 2.05) is 12.1 Å². The zero-order valence-corrected chi connectivity index (χ0v) is 12.9. The minimum Gasteiger partial charge on any atom is -0.496 e. The number of carboxylic acid groups (broad SMARTS) is 1. The fraction of sp³-hybridized carbons (Fsp3) is 0.588. The normalized spacial score (nSPS) is 28.4. The summed E-state index contributed by atoms with van der Waals surface area (Å²) in [5.74, 6) is 0.429. The molecule has 0 unspecified atom stereocenters. The molecule has 0 aliphatic heterocycles. The van der Waals surface area contributed by atoms with Gasteiger partial charge in [0.05, 0.1) is 13.0 Å². The summed E-state index contributed by atoms with van der Waals surface area (Å²) in [4.78, 5) is 11.5. The van der Waals surface area contributed by atoms with Crippen molar-refractivity contribution in [3.8, 4) is 5.75 Å². The average molecular weight is 276 g/mol. The van der Waals surface area contributed by atoms with Crippen LogP contribution in [0.4, 0.5) is 0 Å². The van der Waals surface area contributed by atoms with Crippen molar-refractivity contribution in [1.29, 1.82) is 0 Å². The molecular formula is C17H24O3. The summed E-state index contributed by atoms with van der Waals surface area (Å²) in [6.07, 6.45) is 0.684. The summed E-state index contributed by atoms with van der Waals surface area (Å²) in [6.45, 7) is 8.36. The first-order valence-electron chi connectivity index (χ1n) is 7.16. The predicted octanol–water partition coefficient (Wildman–Crippen LogP) is 3.85. The second-order valence-electron chi connectivity index (χ2n) is 6.59. The molecular weight excluding hydrogens is 252 g/mol. The highest BCUT2D eigenvalue weighted by atomic mass is 16.5. The SMILES string of the molecule is COc1ccc(C)cc1[C@@H]1C[C@@H](C(=O)O)C(C)(C)[C@@H]1C. The molecule has 1 aromatic rings. The van der Waals surface area contributed by atoms with Gasteiger partial charge >= 0.3 is 5.97 Å². The van der Waals surface area contributed by atoms with Crippen LogP contribution in [0.25, 0.3) is 0 Å². The zero-order valence-electron chi connectivity index (χ0n) is 12.9. The van der Waals surface area contributed by atoms with Crippen LogP contribution in [0.5, 0.6) is 5.75 Å².